The van der Waals surface area contributed by atoms with Crippen LogP contribution in [0.2, 0.25) is 0 Å². The molecule has 0 fully saturated rings. The molecule has 0 heterocycles. The van der Waals surface area contributed by atoms with E-state index in [1.54, 1.807) is 0 Å². The van der Waals surface area contributed by atoms with Gasteiger partial charge in [0.05, 0.1) is 0 Å². The third-order valence-electron chi connectivity index (χ3n) is 0.333. The van der Waals surface area contributed by atoms with Crippen molar-refractivity contribution in [2.75, 3.05) is 0 Å². The van der Waals surface area contributed by atoms with Gasteiger partial charge in [0, 0.05) is 10.2 Å². The summed E-state index contributed by atoms with van der Waals surface area (Å²) in [4.78, 5) is 0. The first-order valence-corrected chi connectivity index (χ1v) is 2.64. The largest absolute Gasteiger partial charge is 0.110 e. The van der Waals surface area contributed by atoms with Gasteiger partial charge in [-0.15, -0.1) is 5.70 Å². The van der Waals surface area contributed by atoms with Gasteiger partial charge in [-0.2, -0.15) is 0 Å². The molecule has 0 aromatic rings. The van der Waals surface area contributed by atoms with Crippen molar-refractivity contribution in [3.8, 4) is 0 Å². The highest BCUT2D eigenvalue weighted by Gasteiger charge is 1.35. The fourth-order valence-corrected chi connectivity index (χ4v) is 0. The number of rotatable bonds is 0. The lowest BCUT2D eigenvalue weighted by Crippen LogP contribution is -1.39. The van der Waals surface area contributed by atoms with E-state index in [2.05, 4.69) is 11.8 Å². The van der Waals surface area contributed by atoms with Gasteiger partial charge in [-0.25, -0.2) is 0 Å². The molecule has 0 atom stereocenters. The Kier molecular flexibility index (Phi) is 2.93. The van der Waals surface area contributed by atoms with E-state index in [1.807, 2.05) is 6.92 Å². The van der Waals surface area contributed by atoms with E-state index >= 15 is 0 Å². The maximum atomic E-state index is 2.14. The van der Waals surface area contributed by atoms with Crippen LogP contribution in [0.25, 0.3) is 0 Å². The molecule has 0 aromatic carbocycles. The van der Waals surface area contributed by atoms with Gasteiger partial charge >= 0.3 is 0 Å². The van der Waals surface area contributed by atoms with Crippen molar-refractivity contribution < 1.29 is 0 Å². The van der Waals surface area contributed by atoms with Crippen LogP contribution in [0.15, 0.2) is 11.8 Å². The molecule has 0 aliphatic rings. The molecule has 0 saturated heterocycles. The molecule has 4 heavy (non-hydrogen) atoms. The molecule has 0 rings (SSSR count). The van der Waals surface area contributed by atoms with Crippen molar-refractivity contribution in [2.45, 2.75) is 6.92 Å². The van der Waals surface area contributed by atoms with Crippen molar-refractivity contribution in [1.29, 1.82) is 0 Å². The van der Waals surface area contributed by atoms with Gasteiger partial charge in [0.15, 0.2) is 0 Å². The van der Waals surface area contributed by atoms with E-state index in [0.29, 0.717) is 0 Å². The predicted molar refractivity (Wildman–Crippen MR) is 24.8 cm³/mol. The molecule has 1 heteroatoms. The zero-order valence-electron chi connectivity index (χ0n) is 3.15. The highest BCUT2D eigenvalue weighted by molar-refractivity contribution is 6.16. The molecule has 0 radical (unpaired) electrons. The van der Waals surface area contributed by atoms with Crippen LogP contribution >= 0.6 is 0 Å². The van der Waals surface area contributed by atoms with E-state index in [4.69, 9.17) is 0 Å². The smallest absolute Gasteiger partial charge is 0.0287 e. The van der Waals surface area contributed by atoms with E-state index < -0.39 is 0 Å². The fourth-order valence-electron chi connectivity index (χ4n) is 0. The van der Waals surface area contributed by atoms with E-state index in [-0.39, 0.29) is 0 Å². The van der Waals surface area contributed by atoms with Crippen molar-refractivity contribution in [2.24, 2.45) is 0 Å². The minimum absolute atomic E-state index is 1.21. The first-order valence-electron chi connectivity index (χ1n) is 1.49. The van der Waals surface area contributed by atoms with Gasteiger partial charge in [-0.3, -0.25) is 0 Å². The first-order chi connectivity index (χ1) is 1.91. The lowest BCUT2D eigenvalue weighted by Gasteiger charge is -1.49. The average molecular weight is 72.2 g/mol. The van der Waals surface area contributed by atoms with Crippen LogP contribution < -0.4 is 0 Å². The molecule has 0 spiro atoms. The zero-order valence-corrected chi connectivity index (χ0v) is 5.15. The maximum Gasteiger partial charge on any atom is 0.0287 e. The summed E-state index contributed by atoms with van der Waals surface area (Å²) in [5.74, 6) is 0. The lowest BCUT2D eigenvalue weighted by molar-refractivity contribution is 1.78. The van der Waals surface area contributed by atoms with Crippen LogP contribution in [-0.4, -0.2) is 10.2 Å². The molecule has 0 amide bonds. The summed E-state index contributed by atoms with van der Waals surface area (Å²) in [6.45, 7) is 2.03. The zero-order chi connectivity index (χ0) is 3.41. The normalized spacial score (nSPS) is 10.2. The minimum atomic E-state index is 1.21. The van der Waals surface area contributed by atoms with Crippen LogP contribution in [0.4, 0.5) is 0 Å². The molecule has 0 aliphatic heterocycles. The quantitative estimate of drug-likeness (QED) is 0.350. The van der Waals surface area contributed by atoms with Crippen molar-refractivity contribution >= 4 is 10.2 Å². The monoisotopic (exact) mass is 72.0 g/mol. The summed E-state index contributed by atoms with van der Waals surface area (Å²) in [6.07, 6.45) is 2.06. The van der Waals surface area contributed by atoms with Gasteiger partial charge in [0.2, 0.25) is 0 Å². The van der Waals surface area contributed by atoms with Crippen LogP contribution in [0.1, 0.15) is 6.92 Å². The average Bonchev–Trinajstić information content (AvgIpc) is 1.37. The first kappa shape index (κ1) is 3.96. The summed E-state index contributed by atoms with van der Waals surface area (Å²) in [5.41, 5.74) is 2.14. The Hall–Kier alpha value is -0.0431. The molecule has 24 valence electrons. The standard InChI is InChI=1S/C3H8Si/c1-2-3-4/h2-3H,1,4H3. The Balaban J connectivity index is 2.55. The second-order valence-corrected chi connectivity index (χ2v) is 1.33. The van der Waals surface area contributed by atoms with Gasteiger partial charge < -0.3 is 0 Å². The Morgan fingerprint density at radius 2 is 2.00 bits per heavy atom. The summed E-state index contributed by atoms with van der Waals surface area (Å²) < 4.78 is 0. The highest BCUT2D eigenvalue weighted by atomic mass is 28.1. The van der Waals surface area contributed by atoms with Crippen molar-refractivity contribution in [3.63, 3.8) is 0 Å². The molecule has 0 nitrogen and oxygen atoms in total. The molecule has 0 N–H and O–H groups in total. The van der Waals surface area contributed by atoms with E-state index in [0.717, 1.165) is 0 Å². The molecule has 0 unspecified atom stereocenters. The summed E-state index contributed by atoms with van der Waals surface area (Å²) >= 11 is 0. The number of hydrogen-bond acceptors (Lipinski definition) is 0. The number of allylic oxidation sites excluding steroid dienone is 1. The van der Waals surface area contributed by atoms with E-state index in [9.17, 15) is 0 Å². The Morgan fingerprint density at radius 1 is 1.75 bits per heavy atom. The Bertz CT molecular complexity index is 18.5. The topological polar surface area (TPSA) is 0 Å². The van der Waals surface area contributed by atoms with Gasteiger partial charge in [0.1, 0.15) is 0 Å². The van der Waals surface area contributed by atoms with Crippen molar-refractivity contribution in [3.05, 3.63) is 11.8 Å². The Labute approximate surface area is 30.0 Å². The van der Waals surface area contributed by atoms with Crippen LogP contribution in [0, 0.1) is 0 Å². The molecule has 0 bridgehead atoms. The molecule has 0 aromatic heterocycles. The third kappa shape index (κ3) is 1.96. The van der Waals surface area contributed by atoms with Gasteiger partial charge in [-0.05, 0) is 6.92 Å². The van der Waals surface area contributed by atoms with Gasteiger partial charge in [0.25, 0.3) is 0 Å². The predicted octanol–water partition coefficient (Wildman–Crippen LogP) is -0.115. The summed E-state index contributed by atoms with van der Waals surface area (Å²) in [7, 11) is 1.21. The van der Waals surface area contributed by atoms with E-state index in [1.165, 1.54) is 10.2 Å². The minimum Gasteiger partial charge on any atom is -0.110 e. The third-order valence-corrected chi connectivity index (χ3v) is 1.00. The second kappa shape index (κ2) is 2.96. The molecular weight excluding hydrogens is 64.1 g/mol. The van der Waals surface area contributed by atoms with Crippen LogP contribution in [-0.2, 0) is 0 Å². The number of hydrogen-bond donors (Lipinski definition) is 0. The molecule has 0 saturated carbocycles. The van der Waals surface area contributed by atoms with Gasteiger partial charge in [-0.1, -0.05) is 6.08 Å². The fraction of sp³-hybridized carbons (Fsp3) is 0.333. The summed E-state index contributed by atoms with van der Waals surface area (Å²) in [6, 6.07) is 0. The maximum absolute atomic E-state index is 2.14. The molecular formula is C3H8Si. The highest BCUT2D eigenvalue weighted by Crippen LogP contribution is 1.50. The lowest BCUT2D eigenvalue weighted by atomic mass is 10.8. The SMILES string of the molecule is CC=C[SiH3]. The second-order valence-electron chi connectivity index (χ2n) is 0.667. The molecule has 0 aliphatic carbocycles. The van der Waals surface area contributed by atoms with Crippen molar-refractivity contribution in [1.82, 2.24) is 0 Å². The Morgan fingerprint density at radius 3 is 2.00 bits per heavy atom. The summed E-state index contributed by atoms with van der Waals surface area (Å²) in [5, 5.41) is 0. The van der Waals surface area contributed by atoms with Crippen LogP contribution in [0.3, 0.4) is 0 Å². The van der Waals surface area contributed by atoms with Crippen LogP contribution in [0.5, 0.6) is 0 Å².